The Morgan fingerprint density at radius 2 is 1.29 bits per heavy atom. The summed E-state index contributed by atoms with van der Waals surface area (Å²) in [5.74, 6) is -0.821. The van der Waals surface area contributed by atoms with Crippen LogP contribution in [0.5, 0.6) is 0 Å². The Labute approximate surface area is 226 Å². The van der Waals surface area contributed by atoms with Gasteiger partial charge in [0.25, 0.3) is 0 Å². The van der Waals surface area contributed by atoms with Gasteiger partial charge < -0.3 is 0 Å². The van der Waals surface area contributed by atoms with Gasteiger partial charge in [-0.25, -0.2) is 0 Å². The molecular formula is C31H39N2O4P. The van der Waals surface area contributed by atoms with Gasteiger partial charge in [0, 0.05) is 0 Å². The first-order valence-electron chi connectivity index (χ1n) is 12.9. The Balaban J connectivity index is 1.70. The minimum absolute atomic E-state index is 0.0657. The summed E-state index contributed by atoms with van der Waals surface area (Å²) in [7, 11) is -0.732. The number of hydrogen-bond donors (Lipinski definition) is 1. The standard InChI is InChI=1S/C31H39N2O4P/c1-31(2,3)37-29(34)23-28(32)33(4)24-30(35)36-21-14-22-38(25-15-8-5-9-16-25,26-17-10-6-11-18-26)27-19-12-7-13-20-27/h5-13,15-20,23,38H,14,21-22,24,32H2,1-4H3/b28-23+. The molecule has 3 aromatic carbocycles. The molecule has 0 saturated heterocycles. The second kappa shape index (κ2) is 13.3. The summed E-state index contributed by atoms with van der Waals surface area (Å²) in [5.41, 5.74) is 5.35. The Hall–Kier alpha value is -3.63. The molecule has 0 aromatic heterocycles. The van der Waals surface area contributed by atoms with Crippen molar-refractivity contribution in [1.29, 1.82) is 0 Å². The fourth-order valence-corrected chi connectivity index (χ4v) is 9.34. The van der Waals surface area contributed by atoms with Crippen LogP contribution >= 0.6 is 7.26 Å². The van der Waals surface area contributed by atoms with Crippen molar-refractivity contribution < 1.29 is 19.1 Å². The molecule has 0 aliphatic heterocycles. The number of esters is 2. The minimum atomic E-state index is -2.37. The quantitative estimate of drug-likeness (QED) is 0.175. The van der Waals surface area contributed by atoms with Crippen molar-refractivity contribution in [3.05, 3.63) is 103 Å². The number of likely N-dealkylation sites (N-methyl/N-ethyl adjacent to an activating group) is 1. The molecular weight excluding hydrogens is 495 g/mol. The van der Waals surface area contributed by atoms with Gasteiger partial charge in [-0.2, -0.15) is 0 Å². The van der Waals surface area contributed by atoms with E-state index in [0.29, 0.717) is 13.0 Å². The molecule has 0 spiro atoms. The van der Waals surface area contributed by atoms with Crippen molar-refractivity contribution in [2.24, 2.45) is 5.73 Å². The van der Waals surface area contributed by atoms with E-state index in [4.69, 9.17) is 15.2 Å². The number of nitrogens with zero attached hydrogens (tertiary/aromatic N) is 1. The van der Waals surface area contributed by atoms with Crippen LogP contribution in [0.4, 0.5) is 0 Å². The van der Waals surface area contributed by atoms with E-state index in [-0.39, 0.29) is 12.4 Å². The van der Waals surface area contributed by atoms with Gasteiger partial charge in [-0.1, -0.05) is 0 Å². The molecule has 7 heteroatoms. The first-order valence-corrected chi connectivity index (χ1v) is 15.1. The van der Waals surface area contributed by atoms with E-state index in [9.17, 15) is 9.59 Å². The Kier molecular flexibility index (Phi) is 10.1. The van der Waals surface area contributed by atoms with E-state index in [0.717, 1.165) is 6.16 Å². The average molecular weight is 535 g/mol. The molecule has 6 nitrogen and oxygen atoms in total. The first kappa shape index (κ1) is 28.9. The number of benzene rings is 3. The third-order valence-electron chi connectivity index (χ3n) is 6.24. The Bertz CT molecular complexity index is 1110. The number of carbonyl (C=O) groups is 2. The molecule has 3 aromatic rings. The second-order valence-electron chi connectivity index (χ2n) is 10.3. The molecule has 0 atom stereocenters. The van der Waals surface area contributed by atoms with Crippen molar-refractivity contribution >= 4 is 35.1 Å². The summed E-state index contributed by atoms with van der Waals surface area (Å²) in [6, 6.07) is 32.0. The number of nitrogens with two attached hydrogens (primary N) is 1. The Morgan fingerprint density at radius 3 is 1.71 bits per heavy atom. The average Bonchev–Trinajstić information content (AvgIpc) is 2.89. The van der Waals surface area contributed by atoms with Crippen LogP contribution < -0.4 is 21.6 Å². The van der Waals surface area contributed by atoms with Crippen LogP contribution in [0.1, 0.15) is 27.2 Å². The molecule has 202 valence electrons. The van der Waals surface area contributed by atoms with Gasteiger partial charge in [-0.15, -0.1) is 0 Å². The van der Waals surface area contributed by atoms with Crippen LogP contribution in [0.2, 0.25) is 0 Å². The maximum absolute atomic E-state index is 12.6. The molecule has 2 N–H and O–H groups in total. The van der Waals surface area contributed by atoms with Crippen LogP contribution in [-0.2, 0) is 19.1 Å². The normalized spacial score (nSPS) is 12.5. The maximum atomic E-state index is 12.6. The summed E-state index contributed by atoms with van der Waals surface area (Å²) in [5, 5.41) is 3.97. The van der Waals surface area contributed by atoms with Crippen LogP contribution in [0, 0.1) is 0 Å². The van der Waals surface area contributed by atoms with E-state index in [1.165, 1.54) is 26.9 Å². The molecule has 0 aliphatic rings. The predicted molar refractivity (Wildman–Crippen MR) is 158 cm³/mol. The van der Waals surface area contributed by atoms with Gasteiger partial charge in [0.05, 0.1) is 0 Å². The zero-order chi connectivity index (χ0) is 27.6. The molecule has 0 radical (unpaired) electrons. The van der Waals surface area contributed by atoms with Crippen molar-refractivity contribution in [3.8, 4) is 0 Å². The van der Waals surface area contributed by atoms with E-state index < -0.39 is 24.8 Å². The Morgan fingerprint density at radius 1 is 0.842 bits per heavy atom. The third kappa shape index (κ3) is 7.93. The van der Waals surface area contributed by atoms with Gasteiger partial charge in [0.1, 0.15) is 0 Å². The molecule has 0 amide bonds. The topological polar surface area (TPSA) is 81.9 Å². The monoisotopic (exact) mass is 534 g/mol. The molecule has 38 heavy (non-hydrogen) atoms. The summed E-state index contributed by atoms with van der Waals surface area (Å²) in [6.07, 6.45) is 2.77. The van der Waals surface area contributed by atoms with Crippen LogP contribution in [-0.4, -0.2) is 48.8 Å². The summed E-state index contributed by atoms with van der Waals surface area (Å²) in [4.78, 5) is 26.0. The van der Waals surface area contributed by atoms with E-state index >= 15 is 0 Å². The first-order chi connectivity index (χ1) is 18.1. The molecule has 3 rings (SSSR count). The van der Waals surface area contributed by atoms with E-state index in [1.807, 2.05) is 18.2 Å². The molecule has 0 fully saturated rings. The van der Waals surface area contributed by atoms with Crippen molar-refractivity contribution in [2.75, 3.05) is 26.4 Å². The van der Waals surface area contributed by atoms with Crippen LogP contribution in [0.15, 0.2) is 103 Å². The fourth-order valence-electron chi connectivity index (χ4n) is 4.52. The SMILES string of the molecule is CN(CC(=O)OCCC[PH](c1ccccc1)(c1ccccc1)c1ccccc1)/C(N)=C/C(=O)OC(C)(C)C. The van der Waals surface area contributed by atoms with Gasteiger partial charge in [-0.05, 0) is 20.8 Å². The molecule has 0 heterocycles. The molecule has 0 unspecified atom stereocenters. The van der Waals surface area contributed by atoms with Crippen molar-refractivity contribution in [2.45, 2.75) is 32.8 Å². The zero-order valence-electron chi connectivity index (χ0n) is 22.7. The van der Waals surface area contributed by atoms with Gasteiger partial charge in [0.15, 0.2) is 0 Å². The predicted octanol–water partition coefficient (Wildman–Crippen LogP) is 3.72. The number of ether oxygens (including phenoxy) is 2. The van der Waals surface area contributed by atoms with Crippen molar-refractivity contribution in [3.63, 3.8) is 0 Å². The van der Waals surface area contributed by atoms with Crippen LogP contribution in [0.3, 0.4) is 0 Å². The summed E-state index contributed by atoms with van der Waals surface area (Å²) >= 11 is 0. The van der Waals surface area contributed by atoms with Crippen molar-refractivity contribution in [1.82, 2.24) is 4.90 Å². The number of carbonyl (C=O) groups excluding carboxylic acids is 2. The number of hydrogen-bond acceptors (Lipinski definition) is 6. The zero-order valence-corrected chi connectivity index (χ0v) is 23.7. The van der Waals surface area contributed by atoms with E-state index in [1.54, 1.807) is 27.8 Å². The van der Waals surface area contributed by atoms with Gasteiger partial charge >= 0.3 is 206 Å². The van der Waals surface area contributed by atoms with Gasteiger partial charge in [0.2, 0.25) is 0 Å². The van der Waals surface area contributed by atoms with E-state index in [2.05, 4.69) is 72.8 Å². The minimum Gasteiger partial charge on any atom is -0.0253 e. The smallest absolute Gasteiger partial charge is 0.0253 e. The van der Waals surface area contributed by atoms with Crippen LogP contribution in [0.25, 0.3) is 0 Å². The fraction of sp³-hybridized carbons (Fsp3) is 0.290. The third-order valence-corrected chi connectivity index (χ3v) is 11.3. The molecule has 0 saturated carbocycles. The second-order valence-corrected chi connectivity index (χ2v) is 14.3. The molecule has 0 aliphatic carbocycles. The summed E-state index contributed by atoms with van der Waals surface area (Å²) in [6.45, 7) is 5.57. The summed E-state index contributed by atoms with van der Waals surface area (Å²) < 4.78 is 10.8. The number of rotatable bonds is 11. The molecule has 0 bridgehead atoms. The van der Waals surface area contributed by atoms with Gasteiger partial charge in [-0.3, -0.25) is 0 Å².